The first-order chi connectivity index (χ1) is 14.4. The molecule has 2 fully saturated rings. The third kappa shape index (κ3) is 4.55. The third-order valence-corrected chi connectivity index (χ3v) is 7.72. The van der Waals surface area contributed by atoms with Gasteiger partial charge < -0.3 is 5.32 Å². The summed E-state index contributed by atoms with van der Waals surface area (Å²) in [6.07, 6.45) is 1.96. The lowest BCUT2D eigenvalue weighted by atomic mass is 10.2. The quantitative estimate of drug-likeness (QED) is 0.763. The van der Waals surface area contributed by atoms with Crippen molar-refractivity contribution in [3.05, 3.63) is 66.0 Å². The van der Waals surface area contributed by atoms with Gasteiger partial charge in [-0.3, -0.25) is 9.69 Å². The summed E-state index contributed by atoms with van der Waals surface area (Å²) in [7, 11) is -3.84. The van der Waals surface area contributed by atoms with Crippen LogP contribution in [0.5, 0.6) is 0 Å². The van der Waals surface area contributed by atoms with E-state index in [4.69, 9.17) is 0 Å². The predicted molar refractivity (Wildman–Crippen MR) is 112 cm³/mol. The molecule has 2 saturated heterocycles. The van der Waals surface area contributed by atoms with E-state index in [9.17, 15) is 17.6 Å². The standard InChI is InChI=1S/C22H26FN3O3S/c23-18-8-10-20(11-9-18)30(28,29)26-13-4-7-21(26)22(27)24-19-12-14-25(16-19)15-17-5-2-1-3-6-17/h1-3,5-6,8-11,19,21H,4,7,12-16H2,(H,24,27)/t19-,21+/m0/s1. The number of sulfonamides is 1. The molecule has 8 heteroatoms. The van der Waals surface area contributed by atoms with Crippen LogP contribution in [0.15, 0.2) is 59.5 Å². The van der Waals surface area contributed by atoms with E-state index in [1.807, 2.05) is 18.2 Å². The molecule has 30 heavy (non-hydrogen) atoms. The van der Waals surface area contributed by atoms with Crippen LogP contribution in [0, 0.1) is 5.82 Å². The van der Waals surface area contributed by atoms with Crippen LogP contribution < -0.4 is 5.32 Å². The highest BCUT2D eigenvalue weighted by Gasteiger charge is 2.40. The monoisotopic (exact) mass is 431 g/mol. The Morgan fingerprint density at radius 2 is 1.77 bits per heavy atom. The van der Waals surface area contributed by atoms with Crippen molar-refractivity contribution in [2.75, 3.05) is 19.6 Å². The van der Waals surface area contributed by atoms with Crippen LogP contribution in [0.4, 0.5) is 4.39 Å². The Labute approximate surface area is 176 Å². The van der Waals surface area contributed by atoms with E-state index in [0.717, 1.165) is 38.2 Å². The van der Waals surface area contributed by atoms with Gasteiger partial charge in [-0.1, -0.05) is 30.3 Å². The lowest BCUT2D eigenvalue weighted by Gasteiger charge is -2.25. The highest BCUT2D eigenvalue weighted by atomic mass is 32.2. The van der Waals surface area contributed by atoms with Crippen LogP contribution >= 0.6 is 0 Å². The molecular formula is C22H26FN3O3S. The fraction of sp³-hybridized carbons (Fsp3) is 0.409. The molecule has 2 aliphatic rings. The summed E-state index contributed by atoms with van der Waals surface area (Å²) in [5.74, 6) is -0.740. The van der Waals surface area contributed by atoms with Gasteiger partial charge in [-0.2, -0.15) is 4.31 Å². The molecule has 0 radical (unpaired) electrons. The number of carbonyl (C=O) groups is 1. The first-order valence-corrected chi connectivity index (χ1v) is 11.7. The molecule has 2 atom stereocenters. The maximum atomic E-state index is 13.2. The van der Waals surface area contributed by atoms with Gasteiger partial charge in [0.25, 0.3) is 0 Å². The Balaban J connectivity index is 1.38. The molecule has 0 saturated carbocycles. The number of hydrogen-bond acceptors (Lipinski definition) is 4. The summed E-state index contributed by atoms with van der Waals surface area (Å²) in [4.78, 5) is 15.2. The molecule has 2 heterocycles. The summed E-state index contributed by atoms with van der Waals surface area (Å²) in [6, 6.07) is 14.2. The van der Waals surface area contributed by atoms with Gasteiger partial charge in [0, 0.05) is 32.2 Å². The van der Waals surface area contributed by atoms with Gasteiger partial charge >= 0.3 is 0 Å². The van der Waals surface area contributed by atoms with Crippen molar-refractivity contribution in [3.63, 3.8) is 0 Å². The minimum absolute atomic E-state index is 0.0113. The fourth-order valence-electron chi connectivity index (χ4n) is 4.26. The van der Waals surface area contributed by atoms with E-state index in [1.54, 1.807) is 0 Å². The minimum Gasteiger partial charge on any atom is -0.351 e. The van der Waals surface area contributed by atoms with E-state index in [2.05, 4.69) is 22.3 Å². The van der Waals surface area contributed by atoms with Crippen LogP contribution in [0.3, 0.4) is 0 Å². The van der Waals surface area contributed by atoms with Crippen LogP contribution in [0.25, 0.3) is 0 Å². The summed E-state index contributed by atoms with van der Waals surface area (Å²) in [5, 5.41) is 3.05. The van der Waals surface area contributed by atoms with Gasteiger partial charge in [0.2, 0.25) is 15.9 Å². The van der Waals surface area contributed by atoms with Gasteiger partial charge in [-0.25, -0.2) is 12.8 Å². The molecule has 160 valence electrons. The van der Waals surface area contributed by atoms with Crippen molar-refractivity contribution < 1.29 is 17.6 Å². The third-order valence-electron chi connectivity index (χ3n) is 5.79. The number of amides is 1. The Morgan fingerprint density at radius 3 is 2.50 bits per heavy atom. The molecule has 6 nitrogen and oxygen atoms in total. The second kappa shape index (κ2) is 8.83. The Bertz CT molecular complexity index is 982. The van der Waals surface area contributed by atoms with Crippen molar-refractivity contribution in [1.82, 2.24) is 14.5 Å². The zero-order valence-electron chi connectivity index (χ0n) is 16.7. The summed E-state index contributed by atoms with van der Waals surface area (Å²) in [5.41, 5.74) is 1.23. The summed E-state index contributed by atoms with van der Waals surface area (Å²) >= 11 is 0. The molecule has 1 N–H and O–H groups in total. The molecular weight excluding hydrogens is 405 g/mol. The second-order valence-corrected chi connectivity index (χ2v) is 9.83. The van der Waals surface area contributed by atoms with E-state index >= 15 is 0 Å². The predicted octanol–water partition coefficient (Wildman–Crippen LogP) is 2.37. The molecule has 4 rings (SSSR count). The molecule has 0 aliphatic carbocycles. The Kier molecular flexibility index (Phi) is 6.17. The molecule has 2 aromatic rings. The molecule has 0 spiro atoms. The normalized spacial score (nSPS) is 23.0. The van der Waals surface area contributed by atoms with Crippen molar-refractivity contribution >= 4 is 15.9 Å². The fourth-order valence-corrected chi connectivity index (χ4v) is 5.92. The van der Waals surface area contributed by atoms with Crippen molar-refractivity contribution in [2.45, 2.75) is 42.8 Å². The van der Waals surface area contributed by atoms with E-state index in [-0.39, 0.29) is 16.8 Å². The average molecular weight is 432 g/mol. The smallest absolute Gasteiger partial charge is 0.243 e. The zero-order chi connectivity index (χ0) is 21.1. The first kappa shape index (κ1) is 21.0. The van der Waals surface area contributed by atoms with Crippen LogP contribution in [0.1, 0.15) is 24.8 Å². The maximum Gasteiger partial charge on any atom is 0.243 e. The van der Waals surface area contributed by atoms with Gasteiger partial charge in [-0.15, -0.1) is 0 Å². The first-order valence-electron chi connectivity index (χ1n) is 10.3. The zero-order valence-corrected chi connectivity index (χ0v) is 17.5. The van der Waals surface area contributed by atoms with E-state index < -0.39 is 21.9 Å². The molecule has 0 aromatic heterocycles. The summed E-state index contributed by atoms with van der Waals surface area (Å²) in [6.45, 7) is 2.77. The van der Waals surface area contributed by atoms with Crippen molar-refractivity contribution in [3.8, 4) is 0 Å². The van der Waals surface area contributed by atoms with Crippen LogP contribution in [0.2, 0.25) is 0 Å². The van der Waals surface area contributed by atoms with Gasteiger partial charge in [0.15, 0.2) is 0 Å². The number of nitrogens with one attached hydrogen (secondary N) is 1. The van der Waals surface area contributed by atoms with Crippen LogP contribution in [-0.2, 0) is 21.4 Å². The molecule has 2 aliphatic heterocycles. The molecule has 0 unspecified atom stereocenters. The van der Waals surface area contributed by atoms with E-state index in [0.29, 0.717) is 19.4 Å². The van der Waals surface area contributed by atoms with Gasteiger partial charge in [0.1, 0.15) is 11.9 Å². The second-order valence-electron chi connectivity index (χ2n) is 7.94. The van der Waals surface area contributed by atoms with Crippen molar-refractivity contribution in [1.29, 1.82) is 0 Å². The number of carbonyl (C=O) groups excluding carboxylic acids is 1. The number of nitrogens with zero attached hydrogens (tertiary/aromatic N) is 2. The number of hydrogen-bond donors (Lipinski definition) is 1. The van der Waals surface area contributed by atoms with Gasteiger partial charge in [0.05, 0.1) is 4.90 Å². The number of benzene rings is 2. The molecule has 1 amide bonds. The van der Waals surface area contributed by atoms with Gasteiger partial charge in [-0.05, 0) is 49.1 Å². The largest absolute Gasteiger partial charge is 0.351 e. The van der Waals surface area contributed by atoms with E-state index in [1.165, 1.54) is 22.0 Å². The molecule has 0 bridgehead atoms. The topological polar surface area (TPSA) is 69.7 Å². The average Bonchev–Trinajstić information content (AvgIpc) is 3.39. The van der Waals surface area contributed by atoms with Crippen LogP contribution in [-0.4, -0.2) is 55.2 Å². The highest BCUT2D eigenvalue weighted by molar-refractivity contribution is 7.89. The number of likely N-dealkylation sites (tertiary alicyclic amines) is 1. The highest BCUT2D eigenvalue weighted by Crippen LogP contribution is 2.27. The lowest BCUT2D eigenvalue weighted by molar-refractivity contribution is -0.124. The number of rotatable bonds is 6. The lowest BCUT2D eigenvalue weighted by Crippen LogP contribution is -2.49. The Hall–Kier alpha value is -2.29. The Morgan fingerprint density at radius 1 is 1.03 bits per heavy atom. The van der Waals surface area contributed by atoms with Crippen molar-refractivity contribution in [2.24, 2.45) is 0 Å². The maximum absolute atomic E-state index is 13.2. The summed E-state index contributed by atoms with van der Waals surface area (Å²) < 4.78 is 40.4. The molecule has 2 aromatic carbocycles. The SMILES string of the molecule is O=C(N[C@H]1CCN(Cc2ccccc2)C1)[C@H]1CCCN1S(=O)(=O)c1ccc(F)cc1. The number of halogens is 1. The minimum atomic E-state index is -3.84.